The zero-order valence-electron chi connectivity index (χ0n) is 34.9. The van der Waals surface area contributed by atoms with Crippen LogP contribution in [0.25, 0.3) is 88.4 Å². The molecule has 0 aliphatic carbocycles. The molecule has 0 aliphatic heterocycles. The number of fused-ring (bicyclic) bond motifs is 6. The molecule has 2 nitrogen and oxygen atoms in total. The van der Waals surface area contributed by atoms with Gasteiger partial charge >= 0.3 is 0 Å². The number of rotatable bonds is 5. The van der Waals surface area contributed by atoms with Crippen molar-refractivity contribution in [3.05, 3.63) is 103 Å². The Bertz CT molecular complexity index is 3640. The summed E-state index contributed by atoms with van der Waals surface area (Å²) in [4.78, 5) is 0. The van der Waals surface area contributed by atoms with Crippen molar-refractivity contribution in [3.8, 4) is 44.8 Å². The van der Waals surface area contributed by atoms with Crippen LogP contribution in [-0.2, 0) is 0 Å². The third-order valence-electron chi connectivity index (χ3n) is 12.6. The zero-order valence-corrected chi connectivity index (χ0v) is 34.9. The summed E-state index contributed by atoms with van der Waals surface area (Å²) >= 11 is 0. The van der Waals surface area contributed by atoms with Crippen LogP contribution in [0.3, 0.4) is 0 Å². The largest absolute Gasteiger partial charge is 0.311 e. The van der Waals surface area contributed by atoms with Crippen LogP contribution >= 0.6 is 0 Å². The molecule has 30 radical (unpaired) electrons. The van der Waals surface area contributed by atoms with Crippen molar-refractivity contribution < 1.29 is 0 Å². The number of hydrogen-bond donors (Lipinski definition) is 0. The van der Waals surface area contributed by atoms with Crippen molar-refractivity contribution in [2.24, 2.45) is 0 Å². The highest BCUT2D eigenvalue weighted by molar-refractivity contribution is 6.72. The molecule has 2 aromatic heterocycles. The summed E-state index contributed by atoms with van der Waals surface area (Å²) in [5, 5.41) is 1.43. The normalized spacial score (nSPS) is 11.7. The molecule has 0 fully saturated rings. The standard InChI is InChI=1S/C48H17B15N2/c49-22-11-13-23(14-12-22)64-45-27(29-35(54)37(56)39(58)43(62)47(29)64)31(50)25(33(52)41(45)60)26-32(51)28-30-36(55)38(57)40(59)44(63)48(30)65(46(28)42(61)34(26)53)24-16-20(18-7-3-1-4-8-18)15-21(17-24)19-9-5-2-6-10-19/h1-17H. The zero-order chi connectivity index (χ0) is 46.1. The van der Waals surface area contributed by atoms with Crippen molar-refractivity contribution in [2.45, 2.75) is 0 Å². The molecule has 0 N–H and O–H groups in total. The number of nitrogens with zero attached hydrogens (tertiary/aromatic N) is 2. The van der Waals surface area contributed by atoms with Gasteiger partial charge in [0.1, 0.15) is 118 Å². The molecular formula is C48H17B15N2. The van der Waals surface area contributed by atoms with Gasteiger partial charge in [0, 0.05) is 44.2 Å². The molecule has 0 saturated heterocycles. The molecule has 264 valence electrons. The van der Waals surface area contributed by atoms with Gasteiger partial charge in [0.15, 0.2) is 0 Å². The minimum absolute atomic E-state index is 0.0211. The monoisotopic (exact) mass is 786 g/mol. The van der Waals surface area contributed by atoms with Gasteiger partial charge in [-0.1, -0.05) is 133 Å². The quantitative estimate of drug-likeness (QED) is 0.155. The summed E-state index contributed by atoms with van der Waals surface area (Å²) in [6.45, 7) is 0. The van der Waals surface area contributed by atoms with E-state index < -0.39 is 0 Å². The van der Waals surface area contributed by atoms with Crippen LogP contribution in [0.5, 0.6) is 0 Å². The van der Waals surface area contributed by atoms with Gasteiger partial charge in [-0.05, 0) is 74.5 Å². The fourth-order valence-electron chi connectivity index (χ4n) is 9.40. The highest BCUT2D eigenvalue weighted by atomic mass is 15.0. The molecule has 0 bridgehead atoms. The van der Waals surface area contributed by atoms with E-state index in [-0.39, 0.29) is 87.6 Å². The average Bonchev–Trinajstić information content (AvgIpc) is 3.88. The van der Waals surface area contributed by atoms with Gasteiger partial charge in [0.25, 0.3) is 0 Å². The Hall–Kier alpha value is -5.67. The summed E-state index contributed by atoms with van der Waals surface area (Å²) in [6, 6.07) is 33.0. The first-order valence-electron chi connectivity index (χ1n) is 20.3. The summed E-state index contributed by atoms with van der Waals surface area (Å²) in [5.41, 5.74) is 8.44. The number of aromatic nitrogens is 2. The van der Waals surface area contributed by atoms with Gasteiger partial charge in [0.05, 0.1) is 0 Å². The molecule has 0 atom stereocenters. The lowest BCUT2D eigenvalue weighted by atomic mass is 9.61. The first kappa shape index (κ1) is 43.2. The first-order valence-corrected chi connectivity index (χ1v) is 20.3. The lowest BCUT2D eigenvalue weighted by Gasteiger charge is -2.25. The maximum Gasteiger partial charge on any atom is 0.115 e. The van der Waals surface area contributed by atoms with Crippen LogP contribution in [0.1, 0.15) is 0 Å². The maximum absolute atomic E-state index is 7.41. The Morgan fingerprint density at radius 1 is 0.246 bits per heavy atom. The topological polar surface area (TPSA) is 9.86 Å². The van der Waals surface area contributed by atoms with E-state index in [0.717, 1.165) is 22.3 Å². The van der Waals surface area contributed by atoms with E-state index in [1.165, 1.54) is 0 Å². The van der Waals surface area contributed by atoms with Crippen molar-refractivity contribution >= 4 is 243 Å². The molecule has 17 heteroatoms. The van der Waals surface area contributed by atoms with Crippen LogP contribution in [0, 0.1) is 0 Å². The van der Waals surface area contributed by atoms with Gasteiger partial charge in [-0.2, -0.15) is 0 Å². The van der Waals surface area contributed by atoms with E-state index in [1.807, 2.05) is 77.4 Å². The molecule has 0 spiro atoms. The highest BCUT2D eigenvalue weighted by Crippen LogP contribution is 2.35. The van der Waals surface area contributed by atoms with E-state index >= 15 is 0 Å². The lowest BCUT2D eigenvalue weighted by Crippen LogP contribution is -2.48. The van der Waals surface area contributed by atoms with Gasteiger partial charge < -0.3 is 9.13 Å². The van der Waals surface area contributed by atoms with E-state index in [2.05, 4.69) is 6.07 Å². The second-order valence-electron chi connectivity index (χ2n) is 16.2. The molecule has 2 heterocycles. The van der Waals surface area contributed by atoms with Crippen LogP contribution in [0.4, 0.5) is 0 Å². The Morgan fingerprint density at radius 2 is 0.569 bits per heavy atom. The molecule has 10 rings (SSSR count). The predicted octanol–water partition coefficient (Wildman–Crippen LogP) is -5.21. The van der Waals surface area contributed by atoms with Gasteiger partial charge in [-0.3, -0.25) is 0 Å². The molecule has 65 heavy (non-hydrogen) atoms. The van der Waals surface area contributed by atoms with E-state index in [0.29, 0.717) is 60.4 Å². The summed E-state index contributed by atoms with van der Waals surface area (Å²) < 4.78 is 3.62. The molecular weight excluding hydrogens is 767 g/mol. The summed E-state index contributed by atoms with van der Waals surface area (Å²) in [6.07, 6.45) is 0. The molecule has 0 amide bonds. The summed E-state index contributed by atoms with van der Waals surface area (Å²) in [5.74, 6) is 0. The molecule has 8 aromatic carbocycles. The lowest BCUT2D eigenvalue weighted by molar-refractivity contribution is 1.19. The number of hydrogen-bond acceptors (Lipinski definition) is 0. The van der Waals surface area contributed by atoms with Gasteiger partial charge in [-0.15, -0.1) is 21.9 Å². The van der Waals surface area contributed by atoms with E-state index in [4.69, 9.17) is 118 Å². The second kappa shape index (κ2) is 15.8. The van der Waals surface area contributed by atoms with Crippen LogP contribution in [-0.4, -0.2) is 127 Å². The Labute approximate surface area is 398 Å². The van der Waals surface area contributed by atoms with E-state index in [1.54, 1.807) is 28.8 Å². The van der Waals surface area contributed by atoms with Crippen molar-refractivity contribution in [1.29, 1.82) is 0 Å². The van der Waals surface area contributed by atoms with Crippen molar-refractivity contribution in [2.75, 3.05) is 0 Å². The maximum atomic E-state index is 7.41. The fraction of sp³-hybridized carbons (Fsp3) is 0. The van der Waals surface area contributed by atoms with Crippen molar-refractivity contribution in [3.63, 3.8) is 0 Å². The Kier molecular flexibility index (Phi) is 10.5. The second-order valence-corrected chi connectivity index (χ2v) is 16.2. The predicted molar refractivity (Wildman–Crippen MR) is 292 cm³/mol. The molecule has 0 saturated carbocycles. The van der Waals surface area contributed by atoms with E-state index in [9.17, 15) is 0 Å². The average molecular weight is 784 g/mol. The first-order chi connectivity index (χ1) is 31.0. The number of benzene rings is 8. The molecule has 0 unspecified atom stereocenters. The minimum atomic E-state index is 0.0211. The molecule has 0 aliphatic rings. The Morgan fingerprint density at radius 3 is 0.954 bits per heavy atom. The fourth-order valence-corrected chi connectivity index (χ4v) is 9.40. The Balaban J connectivity index is 1.37. The summed E-state index contributed by atoms with van der Waals surface area (Å²) in [7, 11) is 103. The third kappa shape index (κ3) is 6.23. The van der Waals surface area contributed by atoms with Crippen LogP contribution in [0.15, 0.2) is 103 Å². The van der Waals surface area contributed by atoms with Crippen LogP contribution < -0.4 is 81.9 Å². The van der Waals surface area contributed by atoms with Gasteiger partial charge in [0.2, 0.25) is 0 Å². The molecule has 10 aromatic rings. The SMILES string of the molecule is [B]c1ccc(-n2c3c([B])c([B])c([B])c([B])c3c3c([B])c(-c4c([B])c([B])c5c(c4[B])c4c([B])c([B])c([B])c([B])c4n5-c4cc(-c5ccccc5)cc(-c5ccccc5)c4)c([B])c([B])c32)cc1. The van der Waals surface area contributed by atoms with Crippen LogP contribution in [0.2, 0.25) is 0 Å². The van der Waals surface area contributed by atoms with Gasteiger partial charge in [-0.25, -0.2) is 0 Å². The third-order valence-corrected chi connectivity index (χ3v) is 12.6. The van der Waals surface area contributed by atoms with Crippen molar-refractivity contribution in [1.82, 2.24) is 9.13 Å². The minimum Gasteiger partial charge on any atom is -0.311 e. The highest BCUT2D eigenvalue weighted by Gasteiger charge is 2.28. The smallest absolute Gasteiger partial charge is 0.115 e.